The molecule has 2 amide bonds. The van der Waals surface area contributed by atoms with Crippen LogP contribution >= 0.6 is 34.8 Å². The lowest BCUT2D eigenvalue weighted by molar-refractivity contribution is -0.119. The van der Waals surface area contributed by atoms with Gasteiger partial charge in [0.25, 0.3) is 11.8 Å². The van der Waals surface area contributed by atoms with E-state index in [1.165, 1.54) is 13.2 Å². The summed E-state index contributed by atoms with van der Waals surface area (Å²) in [5.41, 5.74) is 1.58. The van der Waals surface area contributed by atoms with Crippen LogP contribution < -0.4 is 9.64 Å². The molecule has 2 aromatic carbocycles. The molecule has 0 aromatic heterocycles. The van der Waals surface area contributed by atoms with E-state index < -0.39 is 11.8 Å². The molecule has 128 valence electrons. The number of amides is 2. The normalized spacial score (nSPS) is 14.5. The summed E-state index contributed by atoms with van der Waals surface area (Å²) in [5, 5.41) is 0.456. The van der Waals surface area contributed by atoms with E-state index in [4.69, 9.17) is 39.5 Å². The second kappa shape index (κ2) is 6.71. The Balaban J connectivity index is 2.13. The Bertz CT molecular complexity index is 937. The molecule has 0 radical (unpaired) electrons. The summed E-state index contributed by atoms with van der Waals surface area (Å²) in [5.74, 6) is -0.806. The number of imide groups is 1. The van der Waals surface area contributed by atoms with Crippen molar-refractivity contribution in [2.24, 2.45) is 0 Å². The third-order valence-corrected chi connectivity index (χ3v) is 4.70. The van der Waals surface area contributed by atoms with Gasteiger partial charge in [-0.15, -0.1) is 0 Å². The van der Waals surface area contributed by atoms with Gasteiger partial charge in [0.2, 0.25) is 0 Å². The van der Waals surface area contributed by atoms with Gasteiger partial charge in [0.05, 0.1) is 23.4 Å². The summed E-state index contributed by atoms with van der Waals surface area (Å²) in [6.07, 6.45) is 0. The lowest BCUT2D eigenvalue weighted by Crippen LogP contribution is -2.31. The van der Waals surface area contributed by atoms with E-state index in [-0.39, 0.29) is 15.6 Å². The molecule has 0 fully saturated rings. The molecule has 25 heavy (non-hydrogen) atoms. The Hall–Kier alpha value is -2.01. The lowest BCUT2D eigenvalue weighted by atomic mass is 10.1. The van der Waals surface area contributed by atoms with Crippen molar-refractivity contribution in [3.63, 3.8) is 0 Å². The summed E-state index contributed by atoms with van der Waals surface area (Å²) in [4.78, 5) is 26.6. The standard InChI is InChI=1S/C18H12Cl3NO3/c1-9-3-6-14(25-2)13(7-9)22-17(23)15(16(21)18(22)24)11-5-4-10(19)8-12(11)20/h3-8H,1-2H3. The number of hydrogen-bond donors (Lipinski definition) is 0. The highest BCUT2D eigenvalue weighted by Gasteiger charge is 2.41. The van der Waals surface area contributed by atoms with E-state index >= 15 is 0 Å². The van der Waals surface area contributed by atoms with Crippen LogP contribution in [0.15, 0.2) is 41.4 Å². The molecule has 0 aliphatic carbocycles. The maximum Gasteiger partial charge on any atom is 0.277 e. The van der Waals surface area contributed by atoms with Gasteiger partial charge in [0.1, 0.15) is 10.8 Å². The maximum atomic E-state index is 13.0. The Kier molecular flexibility index (Phi) is 4.78. The fraction of sp³-hybridized carbons (Fsp3) is 0.111. The molecule has 0 saturated carbocycles. The molecule has 1 aliphatic heterocycles. The number of benzene rings is 2. The SMILES string of the molecule is COc1ccc(C)cc1N1C(=O)C(Cl)=C(c2ccc(Cl)cc2Cl)C1=O. The smallest absolute Gasteiger partial charge is 0.277 e. The largest absolute Gasteiger partial charge is 0.495 e. The summed E-state index contributed by atoms with van der Waals surface area (Å²) in [6, 6.07) is 9.82. The first-order valence-electron chi connectivity index (χ1n) is 7.23. The molecule has 2 aromatic rings. The molecule has 1 heterocycles. The van der Waals surface area contributed by atoms with E-state index in [9.17, 15) is 9.59 Å². The van der Waals surface area contributed by atoms with E-state index in [1.54, 1.807) is 24.3 Å². The Morgan fingerprint density at radius 1 is 0.960 bits per heavy atom. The monoisotopic (exact) mass is 395 g/mol. The zero-order valence-corrected chi connectivity index (χ0v) is 15.5. The highest BCUT2D eigenvalue weighted by molar-refractivity contribution is 6.61. The second-order valence-electron chi connectivity index (χ2n) is 5.43. The fourth-order valence-corrected chi connectivity index (χ4v) is 3.39. The molecular formula is C18H12Cl3NO3. The van der Waals surface area contributed by atoms with Gasteiger partial charge in [-0.3, -0.25) is 9.59 Å². The Morgan fingerprint density at radius 3 is 2.32 bits per heavy atom. The quantitative estimate of drug-likeness (QED) is 0.698. The van der Waals surface area contributed by atoms with E-state index in [0.717, 1.165) is 10.5 Å². The number of carbonyl (C=O) groups is 2. The first-order chi connectivity index (χ1) is 11.8. The van der Waals surface area contributed by atoms with Gasteiger partial charge < -0.3 is 4.74 Å². The molecule has 4 nitrogen and oxygen atoms in total. The van der Waals surface area contributed by atoms with Crippen molar-refractivity contribution in [2.45, 2.75) is 6.92 Å². The topological polar surface area (TPSA) is 46.6 Å². The third-order valence-electron chi connectivity index (χ3n) is 3.80. The van der Waals surface area contributed by atoms with Gasteiger partial charge in [-0.25, -0.2) is 4.90 Å². The van der Waals surface area contributed by atoms with Crippen LogP contribution in [-0.4, -0.2) is 18.9 Å². The molecule has 7 heteroatoms. The predicted octanol–water partition coefficient (Wildman–Crippen LogP) is 4.83. The molecule has 0 N–H and O–H groups in total. The molecule has 0 unspecified atom stereocenters. The average Bonchev–Trinajstić information content (AvgIpc) is 2.78. The molecule has 0 saturated heterocycles. The highest BCUT2D eigenvalue weighted by Crippen LogP contribution is 2.41. The average molecular weight is 397 g/mol. The zero-order chi connectivity index (χ0) is 18.3. The van der Waals surface area contributed by atoms with Crippen molar-refractivity contribution in [2.75, 3.05) is 12.0 Å². The molecule has 0 atom stereocenters. The molecule has 0 spiro atoms. The van der Waals surface area contributed by atoms with Gasteiger partial charge >= 0.3 is 0 Å². The van der Waals surface area contributed by atoms with Gasteiger partial charge in [-0.05, 0) is 36.8 Å². The van der Waals surface area contributed by atoms with Crippen molar-refractivity contribution in [3.05, 3.63) is 62.6 Å². The number of rotatable bonds is 3. The van der Waals surface area contributed by atoms with Crippen molar-refractivity contribution < 1.29 is 14.3 Å². The van der Waals surface area contributed by atoms with Crippen LogP contribution in [0.25, 0.3) is 5.57 Å². The van der Waals surface area contributed by atoms with E-state index in [1.807, 2.05) is 13.0 Å². The molecule has 3 rings (SSSR count). The minimum Gasteiger partial charge on any atom is -0.495 e. The van der Waals surface area contributed by atoms with Crippen LogP contribution in [0.3, 0.4) is 0 Å². The number of carbonyl (C=O) groups excluding carboxylic acids is 2. The number of halogens is 3. The van der Waals surface area contributed by atoms with Crippen LogP contribution in [0.5, 0.6) is 5.75 Å². The van der Waals surface area contributed by atoms with Crippen LogP contribution in [-0.2, 0) is 9.59 Å². The number of ether oxygens (including phenoxy) is 1. The van der Waals surface area contributed by atoms with Gasteiger partial charge in [-0.2, -0.15) is 0 Å². The van der Waals surface area contributed by atoms with Gasteiger partial charge in [-0.1, -0.05) is 46.9 Å². The Labute approximate surface area is 159 Å². The van der Waals surface area contributed by atoms with Crippen LogP contribution in [0, 0.1) is 6.92 Å². The molecule has 1 aliphatic rings. The number of anilines is 1. The molecule has 0 bridgehead atoms. The summed E-state index contributed by atoms with van der Waals surface area (Å²) in [6.45, 7) is 1.85. The van der Waals surface area contributed by atoms with Crippen molar-refractivity contribution in [1.29, 1.82) is 0 Å². The number of methoxy groups -OCH3 is 1. The van der Waals surface area contributed by atoms with Gasteiger partial charge in [0.15, 0.2) is 0 Å². The first-order valence-corrected chi connectivity index (χ1v) is 8.37. The third kappa shape index (κ3) is 3.01. The summed E-state index contributed by atoms with van der Waals surface area (Å²) >= 11 is 18.3. The second-order valence-corrected chi connectivity index (χ2v) is 6.66. The predicted molar refractivity (Wildman–Crippen MR) is 99.5 cm³/mol. The first kappa shape index (κ1) is 17.8. The zero-order valence-electron chi connectivity index (χ0n) is 13.3. The van der Waals surface area contributed by atoms with E-state index in [2.05, 4.69) is 0 Å². The minimum atomic E-state index is -0.628. The van der Waals surface area contributed by atoms with Gasteiger partial charge in [0, 0.05) is 10.6 Å². The minimum absolute atomic E-state index is 0.0388. The fourth-order valence-electron chi connectivity index (χ4n) is 2.62. The van der Waals surface area contributed by atoms with E-state index in [0.29, 0.717) is 22.0 Å². The number of hydrogen-bond acceptors (Lipinski definition) is 3. The number of aryl methyl sites for hydroxylation is 1. The Morgan fingerprint density at radius 2 is 1.68 bits per heavy atom. The number of nitrogens with zero attached hydrogens (tertiary/aromatic N) is 1. The highest BCUT2D eigenvalue weighted by atomic mass is 35.5. The summed E-state index contributed by atoms with van der Waals surface area (Å²) < 4.78 is 5.27. The summed E-state index contributed by atoms with van der Waals surface area (Å²) in [7, 11) is 1.46. The van der Waals surface area contributed by atoms with Crippen LogP contribution in [0.4, 0.5) is 5.69 Å². The van der Waals surface area contributed by atoms with Crippen molar-refractivity contribution in [3.8, 4) is 5.75 Å². The van der Waals surface area contributed by atoms with Crippen molar-refractivity contribution in [1.82, 2.24) is 0 Å². The van der Waals surface area contributed by atoms with Crippen molar-refractivity contribution >= 4 is 57.9 Å². The molecular weight excluding hydrogens is 385 g/mol. The van der Waals surface area contributed by atoms with Crippen LogP contribution in [0.2, 0.25) is 10.0 Å². The maximum absolute atomic E-state index is 13.0. The lowest BCUT2D eigenvalue weighted by Gasteiger charge is -2.18. The van der Waals surface area contributed by atoms with Crippen LogP contribution in [0.1, 0.15) is 11.1 Å².